The van der Waals surface area contributed by atoms with Crippen molar-refractivity contribution in [2.24, 2.45) is 11.7 Å². The maximum atomic E-state index is 12.1. The Balaban J connectivity index is 4.75. The summed E-state index contributed by atoms with van der Waals surface area (Å²) in [6.07, 6.45) is -0.244. The number of ether oxygens (including phenoxy) is 1. The monoisotopic (exact) mass is 301 g/mol. The zero-order chi connectivity index (χ0) is 16.8. The average molecular weight is 301 g/mol. The van der Waals surface area contributed by atoms with Gasteiger partial charge in [-0.3, -0.25) is 9.59 Å². The number of amides is 3. The maximum absolute atomic E-state index is 12.1. The molecule has 0 aromatic heterocycles. The highest BCUT2D eigenvalue weighted by Gasteiger charge is 2.26. The third-order valence-corrected chi connectivity index (χ3v) is 2.50. The Morgan fingerprint density at radius 3 is 2.00 bits per heavy atom. The summed E-state index contributed by atoms with van der Waals surface area (Å²) in [5.74, 6) is -0.913. The Morgan fingerprint density at radius 1 is 1.10 bits per heavy atom. The minimum absolute atomic E-state index is 0.180. The normalized spacial score (nSPS) is 14.2. The van der Waals surface area contributed by atoms with Gasteiger partial charge in [-0.2, -0.15) is 0 Å². The van der Waals surface area contributed by atoms with E-state index in [4.69, 9.17) is 10.5 Å². The Labute approximate surface area is 126 Å². The average Bonchev–Trinajstić information content (AvgIpc) is 2.24. The molecule has 0 aliphatic heterocycles. The third kappa shape index (κ3) is 8.88. The highest BCUT2D eigenvalue weighted by molar-refractivity contribution is 5.90. The Kier molecular flexibility index (Phi) is 7.18. The molecule has 0 bridgehead atoms. The molecule has 0 heterocycles. The molecule has 0 rings (SSSR count). The molecule has 3 amide bonds. The van der Waals surface area contributed by atoms with E-state index in [-0.39, 0.29) is 5.92 Å². The predicted molar refractivity (Wildman–Crippen MR) is 79.4 cm³/mol. The van der Waals surface area contributed by atoms with Crippen LogP contribution in [0.15, 0.2) is 0 Å². The van der Waals surface area contributed by atoms with Crippen molar-refractivity contribution < 1.29 is 19.1 Å². The third-order valence-electron chi connectivity index (χ3n) is 2.50. The van der Waals surface area contributed by atoms with Gasteiger partial charge in [-0.25, -0.2) is 4.79 Å². The molecule has 0 saturated heterocycles. The summed E-state index contributed by atoms with van der Waals surface area (Å²) >= 11 is 0. The molecule has 0 aliphatic rings. The molecule has 0 radical (unpaired) electrons. The second-order valence-corrected chi connectivity index (χ2v) is 6.46. The van der Waals surface area contributed by atoms with Crippen LogP contribution in [0, 0.1) is 5.92 Å². The second kappa shape index (κ2) is 7.85. The first-order chi connectivity index (χ1) is 9.42. The molecular formula is C14H27N3O4. The number of hydrogen-bond donors (Lipinski definition) is 3. The molecule has 21 heavy (non-hydrogen) atoms. The van der Waals surface area contributed by atoms with Crippen molar-refractivity contribution in [2.75, 3.05) is 0 Å². The van der Waals surface area contributed by atoms with Crippen LogP contribution in [-0.2, 0) is 14.3 Å². The fraction of sp³-hybridized carbons (Fsp3) is 0.786. The molecule has 0 aromatic rings. The number of nitrogens with two attached hydrogens (primary N) is 1. The summed E-state index contributed by atoms with van der Waals surface area (Å²) in [5.41, 5.74) is 4.46. The Morgan fingerprint density at radius 2 is 1.62 bits per heavy atom. The summed E-state index contributed by atoms with van der Waals surface area (Å²) in [5, 5.41) is 4.99. The van der Waals surface area contributed by atoms with E-state index >= 15 is 0 Å². The minimum Gasteiger partial charge on any atom is -0.444 e. The van der Waals surface area contributed by atoms with Crippen LogP contribution in [0.4, 0.5) is 4.79 Å². The molecular weight excluding hydrogens is 274 g/mol. The molecule has 2 atom stereocenters. The summed E-state index contributed by atoms with van der Waals surface area (Å²) in [6.45, 7) is 10.5. The van der Waals surface area contributed by atoms with Crippen LogP contribution in [-0.4, -0.2) is 35.6 Å². The van der Waals surface area contributed by atoms with E-state index in [1.807, 2.05) is 13.8 Å². The van der Waals surface area contributed by atoms with E-state index < -0.39 is 35.6 Å². The fourth-order valence-corrected chi connectivity index (χ4v) is 1.54. The summed E-state index contributed by atoms with van der Waals surface area (Å²) in [4.78, 5) is 34.9. The fourth-order valence-electron chi connectivity index (χ4n) is 1.54. The van der Waals surface area contributed by atoms with Crippen LogP contribution in [0.25, 0.3) is 0 Å². The van der Waals surface area contributed by atoms with Gasteiger partial charge >= 0.3 is 6.09 Å². The number of carbonyl (C=O) groups excluding carboxylic acids is 3. The maximum Gasteiger partial charge on any atom is 0.408 e. The first-order valence-corrected chi connectivity index (χ1v) is 7.01. The molecule has 0 fully saturated rings. The van der Waals surface area contributed by atoms with E-state index in [0.717, 1.165) is 0 Å². The highest BCUT2D eigenvalue weighted by Crippen LogP contribution is 2.09. The highest BCUT2D eigenvalue weighted by atomic mass is 16.6. The van der Waals surface area contributed by atoms with Crippen LogP contribution >= 0.6 is 0 Å². The molecule has 7 heteroatoms. The summed E-state index contributed by atoms with van der Waals surface area (Å²) in [7, 11) is 0. The first kappa shape index (κ1) is 19.2. The topological polar surface area (TPSA) is 111 Å². The number of hydrogen-bond acceptors (Lipinski definition) is 4. The number of primary amides is 1. The Hall–Kier alpha value is -1.79. The lowest BCUT2D eigenvalue weighted by Crippen LogP contribution is -2.53. The van der Waals surface area contributed by atoms with Gasteiger partial charge in [-0.05, 0) is 40.0 Å². The van der Waals surface area contributed by atoms with Crippen LogP contribution in [0.3, 0.4) is 0 Å². The van der Waals surface area contributed by atoms with Gasteiger partial charge in [-0.15, -0.1) is 0 Å². The van der Waals surface area contributed by atoms with Crippen molar-refractivity contribution in [1.82, 2.24) is 10.6 Å². The lowest BCUT2D eigenvalue weighted by atomic mass is 10.0. The largest absolute Gasteiger partial charge is 0.444 e. The molecule has 122 valence electrons. The number of alkyl carbamates (subject to hydrolysis) is 1. The van der Waals surface area contributed by atoms with Gasteiger partial charge in [0.1, 0.15) is 17.7 Å². The second-order valence-electron chi connectivity index (χ2n) is 6.46. The smallest absolute Gasteiger partial charge is 0.408 e. The molecule has 0 saturated carbocycles. The zero-order valence-electron chi connectivity index (χ0n) is 13.6. The van der Waals surface area contributed by atoms with E-state index in [9.17, 15) is 14.4 Å². The number of rotatable bonds is 6. The molecule has 4 N–H and O–H groups in total. The molecule has 2 unspecified atom stereocenters. The van der Waals surface area contributed by atoms with Gasteiger partial charge in [-0.1, -0.05) is 13.8 Å². The zero-order valence-corrected chi connectivity index (χ0v) is 13.6. The van der Waals surface area contributed by atoms with Crippen LogP contribution < -0.4 is 16.4 Å². The quantitative estimate of drug-likeness (QED) is 0.677. The molecule has 0 spiro atoms. The van der Waals surface area contributed by atoms with Crippen molar-refractivity contribution in [3.8, 4) is 0 Å². The van der Waals surface area contributed by atoms with Crippen LogP contribution in [0.1, 0.15) is 48.0 Å². The molecule has 0 aliphatic carbocycles. The van der Waals surface area contributed by atoms with Gasteiger partial charge in [0.15, 0.2) is 0 Å². The van der Waals surface area contributed by atoms with Gasteiger partial charge in [0.2, 0.25) is 11.8 Å². The van der Waals surface area contributed by atoms with Crippen molar-refractivity contribution in [1.29, 1.82) is 0 Å². The van der Waals surface area contributed by atoms with Crippen LogP contribution in [0.2, 0.25) is 0 Å². The summed E-state index contributed by atoms with van der Waals surface area (Å²) in [6, 6.07) is -1.57. The van der Waals surface area contributed by atoms with Gasteiger partial charge < -0.3 is 21.1 Å². The molecule has 0 aromatic carbocycles. The number of carbonyl (C=O) groups is 3. The summed E-state index contributed by atoms with van der Waals surface area (Å²) < 4.78 is 5.13. The predicted octanol–water partition coefficient (Wildman–Crippen LogP) is 0.916. The van der Waals surface area contributed by atoms with Gasteiger partial charge in [0, 0.05) is 0 Å². The van der Waals surface area contributed by atoms with Crippen LogP contribution in [0.5, 0.6) is 0 Å². The lowest BCUT2D eigenvalue weighted by Gasteiger charge is -2.24. The number of nitrogens with one attached hydrogen (secondary N) is 2. The lowest BCUT2D eigenvalue weighted by molar-refractivity contribution is -0.128. The van der Waals surface area contributed by atoms with E-state index in [1.165, 1.54) is 6.92 Å². The molecule has 7 nitrogen and oxygen atoms in total. The van der Waals surface area contributed by atoms with Crippen molar-refractivity contribution in [2.45, 2.75) is 65.6 Å². The van der Waals surface area contributed by atoms with E-state index in [0.29, 0.717) is 6.42 Å². The van der Waals surface area contributed by atoms with Gasteiger partial charge in [0.05, 0.1) is 0 Å². The van der Waals surface area contributed by atoms with Crippen molar-refractivity contribution >= 4 is 17.9 Å². The van der Waals surface area contributed by atoms with Crippen molar-refractivity contribution in [3.63, 3.8) is 0 Å². The van der Waals surface area contributed by atoms with E-state index in [2.05, 4.69) is 10.6 Å². The SMILES string of the molecule is CC(C)CC(NC(=O)OC(C)(C)C)C(=O)NC(C)C(N)=O. The minimum atomic E-state index is -0.799. The van der Waals surface area contributed by atoms with Gasteiger partial charge in [0.25, 0.3) is 0 Å². The standard InChI is InChI=1S/C14H27N3O4/c1-8(2)7-10(12(19)16-9(3)11(15)18)17-13(20)21-14(4,5)6/h8-10H,7H2,1-6H3,(H2,15,18)(H,16,19)(H,17,20). The Bertz CT molecular complexity index is 388. The first-order valence-electron chi connectivity index (χ1n) is 7.01. The van der Waals surface area contributed by atoms with Crippen molar-refractivity contribution in [3.05, 3.63) is 0 Å². The van der Waals surface area contributed by atoms with E-state index in [1.54, 1.807) is 20.8 Å².